The highest BCUT2D eigenvalue weighted by atomic mass is 35.5. The van der Waals surface area contributed by atoms with E-state index in [1.54, 1.807) is 0 Å². The maximum Gasteiger partial charge on any atom is 0.0627 e. The van der Waals surface area contributed by atoms with E-state index in [1.165, 1.54) is 0 Å². The van der Waals surface area contributed by atoms with Crippen molar-refractivity contribution in [2.45, 2.75) is 32.6 Å². The second-order valence-corrected chi connectivity index (χ2v) is 3.59. The minimum atomic E-state index is -0.0453. The van der Waals surface area contributed by atoms with Crippen molar-refractivity contribution < 1.29 is 0 Å². The van der Waals surface area contributed by atoms with Crippen LogP contribution in [-0.2, 0) is 0 Å². The number of hydrogen-bond donors (Lipinski definition) is 0. The van der Waals surface area contributed by atoms with Crippen LogP contribution in [0.1, 0.15) is 27.2 Å². The molecular weight excluding hydrogens is 134 g/mol. The van der Waals surface area contributed by atoms with Crippen LogP contribution in [0.4, 0.5) is 0 Å². The van der Waals surface area contributed by atoms with E-state index in [9.17, 15) is 0 Å². The Morgan fingerprint density at radius 2 is 2.11 bits per heavy atom. The average molecular weight is 146 g/mol. The topological polar surface area (TPSA) is 23.8 Å². The van der Waals surface area contributed by atoms with Gasteiger partial charge in [0.25, 0.3) is 0 Å². The van der Waals surface area contributed by atoms with E-state index in [1.807, 2.05) is 20.8 Å². The molecule has 2 heteroatoms. The summed E-state index contributed by atoms with van der Waals surface area (Å²) in [5.41, 5.74) is -0.0453. The summed E-state index contributed by atoms with van der Waals surface area (Å²) in [6.07, 6.45) is 0.525. The van der Waals surface area contributed by atoms with E-state index in [0.717, 1.165) is 0 Å². The zero-order valence-electron chi connectivity index (χ0n) is 6.11. The highest BCUT2D eigenvalue weighted by molar-refractivity contribution is 6.20. The van der Waals surface area contributed by atoms with Crippen LogP contribution in [0.5, 0.6) is 0 Å². The molecule has 0 amide bonds. The summed E-state index contributed by atoms with van der Waals surface area (Å²) < 4.78 is 0. The number of hydrogen-bond acceptors (Lipinski definition) is 1. The number of nitrogens with zero attached hydrogens (tertiary/aromatic N) is 1. The average Bonchev–Trinajstić information content (AvgIpc) is 1.65. The van der Waals surface area contributed by atoms with E-state index < -0.39 is 0 Å². The standard InChI is InChI=1S/C7H12ClN/c1-6(8)7(2,3)4-5-9/h6H,4H2,1-3H3. The van der Waals surface area contributed by atoms with Gasteiger partial charge >= 0.3 is 0 Å². The van der Waals surface area contributed by atoms with Gasteiger partial charge in [0.2, 0.25) is 0 Å². The highest BCUT2D eigenvalue weighted by Gasteiger charge is 2.23. The smallest absolute Gasteiger partial charge is 0.0627 e. The van der Waals surface area contributed by atoms with E-state index in [4.69, 9.17) is 16.9 Å². The Kier molecular flexibility index (Phi) is 3.00. The molecule has 0 heterocycles. The Morgan fingerprint density at radius 1 is 1.67 bits per heavy atom. The summed E-state index contributed by atoms with van der Waals surface area (Å²) >= 11 is 5.80. The molecule has 0 rings (SSSR count). The molecule has 0 aliphatic heterocycles. The van der Waals surface area contributed by atoms with Crippen molar-refractivity contribution in [3.63, 3.8) is 0 Å². The van der Waals surface area contributed by atoms with Crippen molar-refractivity contribution in [2.75, 3.05) is 0 Å². The lowest BCUT2D eigenvalue weighted by atomic mass is 9.87. The molecule has 52 valence electrons. The van der Waals surface area contributed by atoms with Crippen molar-refractivity contribution in [3.05, 3.63) is 0 Å². The van der Waals surface area contributed by atoms with Crippen LogP contribution in [0.15, 0.2) is 0 Å². The maximum absolute atomic E-state index is 8.34. The van der Waals surface area contributed by atoms with Crippen molar-refractivity contribution in [2.24, 2.45) is 5.41 Å². The number of rotatable bonds is 2. The summed E-state index contributed by atoms with van der Waals surface area (Å²) in [4.78, 5) is 0. The lowest BCUT2D eigenvalue weighted by Gasteiger charge is -2.23. The van der Waals surface area contributed by atoms with Gasteiger partial charge in [0.15, 0.2) is 0 Å². The third-order valence-electron chi connectivity index (χ3n) is 1.61. The monoisotopic (exact) mass is 145 g/mol. The molecule has 0 saturated heterocycles. The fourth-order valence-electron chi connectivity index (χ4n) is 0.344. The van der Waals surface area contributed by atoms with Gasteiger partial charge in [0.05, 0.1) is 6.07 Å². The second-order valence-electron chi connectivity index (χ2n) is 2.94. The van der Waals surface area contributed by atoms with E-state index >= 15 is 0 Å². The first-order valence-electron chi connectivity index (χ1n) is 3.01. The first kappa shape index (κ1) is 8.78. The van der Waals surface area contributed by atoms with Gasteiger partial charge in [-0.05, 0) is 12.3 Å². The highest BCUT2D eigenvalue weighted by Crippen LogP contribution is 2.28. The lowest BCUT2D eigenvalue weighted by molar-refractivity contribution is 0.368. The predicted octanol–water partition coefficient (Wildman–Crippen LogP) is 2.55. The summed E-state index contributed by atoms with van der Waals surface area (Å²) in [7, 11) is 0. The summed E-state index contributed by atoms with van der Waals surface area (Å²) in [6, 6.07) is 2.10. The van der Waals surface area contributed by atoms with Crippen molar-refractivity contribution >= 4 is 11.6 Å². The summed E-state index contributed by atoms with van der Waals surface area (Å²) in [5.74, 6) is 0. The van der Waals surface area contributed by atoms with Crippen LogP contribution >= 0.6 is 11.6 Å². The fourth-order valence-corrected chi connectivity index (χ4v) is 0.422. The van der Waals surface area contributed by atoms with Gasteiger partial charge in [-0.3, -0.25) is 0 Å². The zero-order valence-corrected chi connectivity index (χ0v) is 6.87. The molecule has 0 spiro atoms. The molecule has 0 aromatic heterocycles. The quantitative estimate of drug-likeness (QED) is 0.548. The molecule has 0 fully saturated rings. The Bertz CT molecular complexity index is 121. The molecule has 0 bridgehead atoms. The molecule has 0 aromatic rings. The van der Waals surface area contributed by atoms with Crippen LogP contribution in [-0.4, -0.2) is 5.38 Å². The molecule has 0 aliphatic carbocycles. The molecule has 9 heavy (non-hydrogen) atoms. The first-order valence-corrected chi connectivity index (χ1v) is 3.45. The normalized spacial score (nSPS) is 14.6. The Hall–Kier alpha value is -0.220. The predicted molar refractivity (Wildman–Crippen MR) is 39.3 cm³/mol. The third-order valence-corrected chi connectivity index (χ3v) is 2.20. The van der Waals surface area contributed by atoms with E-state index in [2.05, 4.69) is 6.07 Å². The van der Waals surface area contributed by atoms with Crippen LogP contribution < -0.4 is 0 Å². The summed E-state index contributed by atoms with van der Waals surface area (Å²) in [5, 5.41) is 8.41. The van der Waals surface area contributed by atoms with Gasteiger partial charge in [-0.25, -0.2) is 0 Å². The Balaban J connectivity index is 3.89. The Morgan fingerprint density at radius 3 is 2.22 bits per heavy atom. The number of halogens is 1. The third kappa shape index (κ3) is 2.72. The van der Waals surface area contributed by atoms with Crippen molar-refractivity contribution in [1.29, 1.82) is 5.26 Å². The minimum Gasteiger partial charge on any atom is -0.198 e. The van der Waals surface area contributed by atoms with Gasteiger partial charge in [0.1, 0.15) is 0 Å². The summed E-state index contributed by atoms with van der Waals surface area (Å²) in [6.45, 7) is 5.90. The van der Waals surface area contributed by atoms with Gasteiger partial charge in [-0.15, -0.1) is 11.6 Å². The van der Waals surface area contributed by atoms with Gasteiger partial charge in [-0.1, -0.05) is 13.8 Å². The first-order chi connectivity index (χ1) is 4.00. The number of nitriles is 1. The maximum atomic E-state index is 8.34. The van der Waals surface area contributed by atoms with Crippen LogP contribution in [0.3, 0.4) is 0 Å². The lowest BCUT2D eigenvalue weighted by Crippen LogP contribution is -2.20. The fraction of sp³-hybridized carbons (Fsp3) is 0.857. The molecule has 0 aliphatic rings. The zero-order chi connectivity index (χ0) is 7.49. The molecule has 1 nitrogen and oxygen atoms in total. The molecular formula is C7H12ClN. The molecule has 0 saturated carbocycles. The van der Waals surface area contributed by atoms with Gasteiger partial charge in [-0.2, -0.15) is 5.26 Å². The molecule has 1 unspecified atom stereocenters. The van der Waals surface area contributed by atoms with Crippen molar-refractivity contribution in [3.8, 4) is 6.07 Å². The van der Waals surface area contributed by atoms with E-state index in [-0.39, 0.29) is 10.8 Å². The van der Waals surface area contributed by atoms with Gasteiger partial charge < -0.3 is 0 Å². The molecule has 0 N–H and O–H groups in total. The molecule has 1 atom stereocenters. The van der Waals surface area contributed by atoms with E-state index in [0.29, 0.717) is 6.42 Å². The van der Waals surface area contributed by atoms with Crippen LogP contribution in [0.2, 0.25) is 0 Å². The Labute approximate surface area is 61.6 Å². The molecule has 0 aromatic carbocycles. The largest absolute Gasteiger partial charge is 0.198 e. The number of alkyl halides is 1. The second kappa shape index (κ2) is 3.08. The van der Waals surface area contributed by atoms with Crippen LogP contribution in [0.25, 0.3) is 0 Å². The molecule has 0 radical (unpaired) electrons. The SMILES string of the molecule is CC(Cl)C(C)(C)CC#N. The minimum absolute atomic E-state index is 0.0453. The van der Waals surface area contributed by atoms with Gasteiger partial charge in [0, 0.05) is 11.8 Å². The van der Waals surface area contributed by atoms with Crippen molar-refractivity contribution in [1.82, 2.24) is 0 Å². The van der Waals surface area contributed by atoms with Crippen LogP contribution in [0, 0.1) is 16.7 Å².